The lowest BCUT2D eigenvalue weighted by molar-refractivity contribution is -0.124. The highest BCUT2D eigenvalue weighted by Gasteiger charge is 2.21. The fourth-order valence-corrected chi connectivity index (χ4v) is 2.76. The summed E-state index contributed by atoms with van der Waals surface area (Å²) in [5, 5.41) is 3.18. The van der Waals surface area contributed by atoms with E-state index in [2.05, 4.69) is 5.32 Å². The van der Waals surface area contributed by atoms with E-state index in [1.165, 1.54) is 12.1 Å². The highest BCUT2D eigenvalue weighted by Crippen LogP contribution is 2.27. The molecule has 3 aromatic rings. The molecule has 1 N–H and O–H groups in total. The summed E-state index contributed by atoms with van der Waals surface area (Å²) in [7, 11) is 3.90. The van der Waals surface area contributed by atoms with Crippen LogP contribution in [0.25, 0.3) is 11.0 Å². The van der Waals surface area contributed by atoms with Crippen LogP contribution in [0, 0.1) is 12.7 Å². The summed E-state index contributed by atoms with van der Waals surface area (Å²) in [5.74, 6) is -1.91. The normalized spacial score (nSPS) is 10.7. The van der Waals surface area contributed by atoms with E-state index in [1.807, 2.05) is 43.3 Å². The zero-order valence-electron chi connectivity index (χ0n) is 15.9. The minimum absolute atomic E-state index is 0.00225. The highest BCUT2D eigenvalue weighted by atomic mass is 19.1. The van der Waals surface area contributed by atoms with E-state index in [4.69, 9.17) is 9.15 Å². The van der Waals surface area contributed by atoms with Gasteiger partial charge in [0.15, 0.2) is 18.0 Å². The second-order valence-electron chi connectivity index (χ2n) is 6.59. The van der Waals surface area contributed by atoms with Crippen molar-refractivity contribution in [2.24, 2.45) is 0 Å². The maximum absolute atomic E-state index is 13.8. The minimum Gasteiger partial charge on any atom is -0.450 e. The number of amides is 1. The summed E-state index contributed by atoms with van der Waals surface area (Å²) in [4.78, 5) is 26.1. The zero-order valence-corrected chi connectivity index (χ0v) is 15.9. The fourth-order valence-electron chi connectivity index (χ4n) is 2.76. The lowest BCUT2D eigenvalue weighted by Crippen LogP contribution is -2.28. The van der Waals surface area contributed by atoms with Crippen LogP contribution in [0.4, 0.5) is 10.1 Å². The molecule has 1 amide bonds. The first-order valence-corrected chi connectivity index (χ1v) is 8.74. The van der Waals surface area contributed by atoms with Gasteiger partial charge < -0.3 is 19.4 Å². The van der Waals surface area contributed by atoms with E-state index >= 15 is 0 Å². The Morgan fingerprint density at radius 2 is 1.86 bits per heavy atom. The van der Waals surface area contributed by atoms with Crippen LogP contribution in [-0.2, 0) is 16.1 Å². The van der Waals surface area contributed by atoms with Crippen molar-refractivity contribution in [1.82, 2.24) is 5.32 Å². The Kier molecular flexibility index (Phi) is 5.63. The van der Waals surface area contributed by atoms with Crippen molar-refractivity contribution in [3.05, 3.63) is 65.2 Å². The van der Waals surface area contributed by atoms with Gasteiger partial charge in [0, 0.05) is 37.3 Å². The highest BCUT2D eigenvalue weighted by molar-refractivity contribution is 5.96. The second kappa shape index (κ2) is 8.12. The molecule has 0 radical (unpaired) electrons. The van der Waals surface area contributed by atoms with Crippen molar-refractivity contribution in [1.29, 1.82) is 0 Å². The molecule has 0 aliphatic rings. The van der Waals surface area contributed by atoms with Crippen LogP contribution in [0.3, 0.4) is 0 Å². The van der Waals surface area contributed by atoms with Crippen LogP contribution in [-0.4, -0.2) is 32.6 Å². The average molecular weight is 384 g/mol. The Morgan fingerprint density at radius 3 is 2.50 bits per heavy atom. The van der Waals surface area contributed by atoms with Crippen LogP contribution in [0.2, 0.25) is 0 Å². The van der Waals surface area contributed by atoms with Gasteiger partial charge >= 0.3 is 5.97 Å². The van der Waals surface area contributed by atoms with E-state index < -0.39 is 24.3 Å². The quantitative estimate of drug-likeness (QED) is 0.660. The second-order valence-corrected chi connectivity index (χ2v) is 6.59. The monoisotopic (exact) mass is 384 g/mol. The molecule has 0 saturated heterocycles. The van der Waals surface area contributed by atoms with Gasteiger partial charge in [-0.2, -0.15) is 0 Å². The molecule has 28 heavy (non-hydrogen) atoms. The number of hydrogen-bond acceptors (Lipinski definition) is 5. The van der Waals surface area contributed by atoms with Gasteiger partial charge in [0.1, 0.15) is 0 Å². The van der Waals surface area contributed by atoms with Crippen molar-refractivity contribution in [3.63, 3.8) is 0 Å². The topological polar surface area (TPSA) is 71.8 Å². The van der Waals surface area contributed by atoms with Crippen molar-refractivity contribution in [3.8, 4) is 0 Å². The number of hydrogen-bond donors (Lipinski definition) is 1. The number of nitrogens with one attached hydrogen (secondary N) is 1. The van der Waals surface area contributed by atoms with Gasteiger partial charge in [-0.25, -0.2) is 9.18 Å². The summed E-state index contributed by atoms with van der Waals surface area (Å²) >= 11 is 0. The van der Waals surface area contributed by atoms with Crippen molar-refractivity contribution in [2.45, 2.75) is 13.5 Å². The van der Waals surface area contributed by atoms with Crippen LogP contribution in [0.5, 0.6) is 0 Å². The number of anilines is 1. The smallest absolute Gasteiger partial charge is 0.375 e. The fraction of sp³-hybridized carbons (Fsp3) is 0.238. The predicted octanol–water partition coefficient (Wildman–Crippen LogP) is 3.42. The third-order valence-electron chi connectivity index (χ3n) is 4.38. The molecular weight excluding hydrogens is 363 g/mol. The largest absolute Gasteiger partial charge is 0.450 e. The molecule has 1 heterocycles. The molecule has 2 aromatic carbocycles. The van der Waals surface area contributed by atoms with E-state index in [1.54, 1.807) is 13.0 Å². The molecule has 6 nitrogen and oxygen atoms in total. The maximum Gasteiger partial charge on any atom is 0.375 e. The number of esters is 1. The Bertz CT molecular complexity index is 1010. The Labute approximate surface area is 161 Å². The zero-order chi connectivity index (χ0) is 20.3. The van der Waals surface area contributed by atoms with Gasteiger partial charge in [0.05, 0.1) is 0 Å². The number of halogens is 1. The molecule has 0 fully saturated rings. The molecule has 0 atom stereocenters. The van der Waals surface area contributed by atoms with Gasteiger partial charge in [-0.15, -0.1) is 0 Å². The number of aryl methyl sites for hydroxylation is 1. The molecular formula is C21H21FN2O4. The standard InChI is InChI=1S/C21H21FN2O4/c1-13-16-5-4-6-17(22)20(16)28-19(13)21(26)27-12-18(25)23-11-14-7-9-15(10-8-14)24(2)3/h4-10H,11-12H2,1-3H3,(H,23,25). The lowest BCUT2D eigenvalue weighted by atomic mass is 10.1. The number of nitrogens with zero attached hydrogens (tertiary/aromatic N) is 1. The van der Waals surface area contributed by atoms with E-state index in [-0.39, 0.29) is 11.3 Å². The summed E-state index contributed by atoms with van der Waals surface area (Å²) in [6.45, 7) is 1.51. The van der Waals surface area contributed by atoms with Crippen molar-refractivity contribution < 1.29 is 23.1 Å². The molecule has 3 rings (SSSR count). The number of rotatable bonds is 6. The van der Waals surface area contributed by atoms with E-state index in [0.29, 0.717) is 17.5 Å². The van der Waals surface area contributed by atoms with Gasteiger partial charge in [0.25, 0.3) is 5.91 Å². The first kappa shape index (κ1) is 19.4. The SMILES string of the molecule is Cc1c(C(=O)OCC(=O)NCc2ccc(N(C)C)cc2)oc2c(F)cccc12. The first-order valence-electron chi connectivity index (χ1n) is 8.74. The molecule has 0 saturated carbocycles. The van der Waals surface area contributed by atoms with E-state index in [0.717, 1.165) is 11.3 Å². The number of para-hydroxylation sites is 1. The molecule has 0 aliphatic carbocycles. The molecule has 146 valence electrons. The minimum atomic E-state index is -0.807. The number of carbonyl (C=O) groups excluding carboxylic acids is 2. The Hall–Kier alpha value is -3.35. The summed E-state index contributed by atoms with van der Waals surface area (Å²) in [6.07, 6.45) is 0. The van der Waals surface area contributed by atoms with Gasteiger partial charge in [0.2, 0.25) is 5.76 Å². The Balaban J connectivity index is 1.55. The summed E-state index contributed by atoms with van der Waals surface area (Å²) < 4.78 is 24.1. The molecule has 0 spiro atoms. The molecule has 0 aliphatic heterocycles. The van der Waals surface area contributed by atoms with Gasteiger partial charge in [-0.1, -0.05) is 24.3 Å². The van der Waals surface area contributed by atoms with Crippen molar-refractivity contribution >= 4 is 28.5 Å². The van der Waals surface area contributed by atoms with Gasteiger partial charge in [-0.3, -0.25) is 4.79 Å². The number of benzene rings is 2. The van der Waals surface area contributed by atoms with Crippen LogP contribution >= 0.6 is 0 Å². The first-order chi connectivity index (χ1) is 13.4. The maximum atomic E-state index is 13.8. The van der Waals surface area contributed by atoms with Crippen LogP contribution < -0.4 is 10.2 Å². The Morgan fingerprint density at radius 1 is 1.14 bits per heavy atom. The third-order valence-corrected chi connectivity index (χ3v) is 4.38. The van der Waals surface area contributed by atoms with Crippen LogP contribution in [0.1, 0.15) is 21.7 Å². The molecule has 0 unspecified atom stereocenters. The number of ether oxygens (including phenoxy) is 1. The average Bonchev–Trinajstić information content (AvgIpc) is 3.03. The number of fused-ring (bicyclic) bond motifs is 1. The predicted molar refractivity (Wildman–Crippen MR) is 104 cm³/mol. The van der Waals surface area contributed by atoms with Gasteiger partial charge in [-0.05, 0) is 30.7 Å². The summed E-state index contributed by atoms with van der Waals surface area (Å²) in [5.41, 5.74) is 2.45. The van der Waals surface area contributed by atoms with Crippen LogP contribution in [0.15, 0.2) is 46.9 Å². The number of carbonyl (C=O) groups is 2. The molecule has 0 bridgehead atoms. The third kappa shape index (κ3) is 4.14. The molecule has 7 heteroatoms. The number of furan rings is 1. The van der Waals surface area contributed by atoms with E-state index in [9.17, 15) is 14.0 Å². The van der Waals surface area contributed by atoms with Crippen molar-refractivity contribution in [2.75, 3.05) is 25.6 Å². The summed E-state index contributed by atoms with van der Waals surface area (Å²) in [6, 6.07) is 12.2. The molecule has 1 aromatic heterocycles. The lowest BCUT2D eigenvalue weighted by Gasteiger charge is -2.13.